The van der Waals surface area contributed by atoms with Crippen LogP contribution in [0.3, 0.4) is 0 Å². The number of aliphatic hydroxyl groups is 1. The molecule has 0 bridgehead atoms. The number of piperazine rings is 1. The lowest BCUT2D eigenvalue weighted by molar-refractivity contribution is -0.142. The van der Waals surface area contributed by atoms with E-state index in [1.54, 1.807) is 42.8 Å². The minimum absolute atomic E-state index is 0.167. The number of carbonyl (C=O) groups is 1. The van der Waals surface area contributed by atoms with E-state index in [9.17, 15) is 14.7 Å². The van der Waals surface area contributed by atoms with Gasteiger partial charge < -0.3 is 20.1 Å². The van der Waals surface area contributed by atoms with E-state index >= 15 is 0 Å². The smallest absolute Gasteiger partial charge is 0.319 e. The van der Waals surface area contributed by atoms with E-state index in [2.05, 4.69) is 48.7 Å². The van der Waals surface area contributed by atoms with Gasteiger partial charge in [-0.1, -0.05) is 12.1 Å². The Balaban J connectivity index is 1.13. The maximum atomic E-state index is 13.3. The van der Waals surface area contributed by atoms with E-state index in [0.717, 1.165) is 63.5 Å². The Morgan fingerprint density at radius 3 is 2.45 bits per heavy atom. The van der Waals surface area contributed by atoms with Crippen molar-refractivity contribution in [2.24, 2.45) is 0 Å². The summed E-state index contributed by atoms with van der Waals surface area (Å²) in [6, 6.07) is 14.1. The summed E-state index contributed by atoms with van der Waals surface area (Å²) < 4.78 is 7.97. The maximum Gasteiger partial charge on any atom is 0.319 e. The van der Waals surface area contributed by atoms with Crippen LogP contribution in [0.4, 0.5) is 17.3 Å². The third-order valence-corrected chi connectivity index (χ3v) is 9.01. The molecule has 248 valence electrons. The highest BCUT2D eigenvalue weighted by molar-refractivity contribution is 5.77. The largest absolute Gasteiger partial charge is 0.468 e. The molecule has 0 amide bonds. The van der Waals surface area contributed by atoms with Gasteiger partial charge in [0.2, 0.25) is 5.95 Å². The van der Waals surface area contributed by atoms with Crippen LogP contribution in [0.1, 0.15) is 32.4 Å². The van der Waals surface area contributed by atoms with Gasteiger partial charge in [0.1, 0.15) is 11.0 Å². The molecule has 2 aliphatic heterocycles. The lowest BCUT2D eigenvalue weighted by atomic mass is 10.0. The number of benzene rings is 1. The van der Waals surface area contributed by atoms with Crippen molar-refractivity contribution in [1.29, 1.82) is 0 Å². The number of anilines is 3. The van der Waals surface area contributed by atoms with Gasteiger partial charge in [0.05, 0.1) is 25.9 Å². The summed E-state index contributed by atoms with van der Waals surface area (Å²) in [6.45, 7) is 13.6. The molecule has 13 nitrogen and oxygen atoms in total. The molecule has 0 atom stereocenters. The number of likely N-dealkylation sites (tertiary alicyclic amines) is 1. The molecule has 0 radical (unpaired) electrons. The molecule has 3 aromatic heterocycles. The fourth-order valence-corrected chi connectivity index (χ4v) is 6.41. The number of fused-ring (bicyclic) bond motifs is 1. The number of allylic oxidation sites excluding steroid dienone is 1. The predicted octanol–water partition coefficient (Wildman–Crippen LogP) is 2.89. The van der Waals surface area contributed by atoms with Crippen LogP contribution in [0.15, 0.2) is 66.1 Å². The molecule has 2 saturated heterocycles. The molecule has 6 rings (SSSR count). The van der Waals surface area contributed by atoms with Gasteiger partial charge in [-0.05, 0) is 63.1 Å². The van der Waals surface area contributed by atoms with Gasteiger partial charge in [-0.15, -0.1) is 6.58 Å². The highest BCUT2D eigenvalue weighted by atomic mass is 16.5. The van der Waals surface area contributed by atoms with E-state index in [-0.39, 0.29) is 18.1 Å². The monoisotopic (exact) mass is 641 g/mol. The number of pyridine rings is 1. The number of esters is 1. The lowest BCUT2D eigenvalue weighted by Crippen LogP contribution is -2.53. The number of nitrogens with zero attached hydrogens (tertiary/aromatic N) is 8. The van der Waals surface area contributed by atoms with Crippen molar-refractivity contribution >= 4 is 34.3 Å². The number of methoxy groups -OCH3 is 1. The van der Waals surface area contributed by atoms with Gasteiger partial charge in [0.15, 0.2) is 11.5 Å². The number of aromatic nitrogens is 5. The van der Waals surface area contributed by atoms with Crippen LogP contribution >= 0.6 is 0 Å². The highest BCUT2D eigenvalue weighted by Gasteiger charge is 2.28. The van der Waals surface area contributed by atoms with Gasteiger partial charge in [0.25, 0.3) is 5.56 Å². The van der Waals surface area contributed by atoms with Crippen LogP contribution in [0, 0.1) is 0 Å². The molecule has 0 unspecified atom stereocenters. The summed E-state index contributed by atoms with van der Waals surface area (Å²) in [5.74, 6) is 0.635. The Morgan fingerprint density at radius 2 is 1.79 bits per heavy atom. The summed E-state index contributed by atoms with van der Waals surface area (Å²) in [7, 11) is 1.44. The van der Waals surface area contributed by atoms with Crippen molar-refractivity contribution in [1.82, 2.24) is 34.1 Å². The first-order valence-corrected chi connectivity index (χ1v) is 16.1. The summed E-state index contributed by atoms with van der Waals surface area (Å²) in [5, 5.41) is 14.2. The van der Waals surface area contributed by atoms with Crippen molar-refractivity contribution in [3.05, 3.63) is 77.4 Å². The van der Waals surface area contributed by atoms with Crippen LogP contribution < -0.4 is 15.8 Å². The average molecular weight is 642 g/mol. The molecule has 2 fully saturated rings. The molecular weight excluding hydrogens is 598 g/mol. The topological polar surface area (TPSA) is 134 Å². The first kappa shape index (κ1) is 32.4. The maximum absolute atomic E-state index is 13.3. The van der Waals surface area contributed by atoms with Crippen molar-refractivity contribution in [2.45, 2.75) is 44.9 Å². The summed E-state index contributed by atoms with van der Waals surface area (Å²) in [4.78, 5) is 45.9. The summed E-state index contributed by atoms with van der Waals surface area (Å²) in [6.07, 6.45) is 5.32. The number of hydrogen-bond acceptors (Lipinski definition) is 11. The molecule has 1 aromatic carbocycles. The van der Waals surface area contributed by atoms with Crippen molar-refractivity contribution in [3.8, 4) is 5.82 Å². The van der Waals surface area contributed by atoms with Gasteiger partial charge in [-0.2, -0.15) is 4.98 Å². The Hall–Kier alpha value is -4.59. The molecular formula is C34H43N9O4. The summed E-state index contributed by atoms with van der Waals surface area (Å²) in [5.41, 5.74) is 1.45. The molecule has 13 heteroatoms. The highest BCUT2D eigenvalue weighted by Crippen LogP contribution is 2.25. The predicted molar refractivity (Wildman–Crippen MR) is 181 cm³/mol. The second-order valence-corrected chi connectivity index (χ2v) is 12.6. The van der Waals surface area contributed by atoms with Crippen LogP contribution in [-0.2, 0) is 21.7 Å². The fraction of sp³-hybridized carbons (Fsp3) is 0.441. The zero-order valence-corrected chi connectivity index (χ0v) is 27.3. The minimum Gasteiger partial charge on any atom is -0.468 e. The van der Waals surface area contributed by atoms with Crippen molar-refractivity contribution < 1.29 is 14.6 Å². The molecule has 0 aliphatic carbocycles. The Labute approximate surface area is 274 Å². The second-order valence-electron chi connectivity index (χ2n) is 12.6. The third kappa shape index (κ3) is 7.07. The molecule has 2 N–H and O–H groups in total. The minimum atomic E-state index is -1.16. The molecule has 0 spiro atoms. The number of ether oxygens (including phenoxy) is 1. The second kappa shape index (κ2) is 13.6. The van der Waals surface area contributed by atoms with Gasteiger partial charge in [-0.25, -0.2) is 19.3 Å². The van der Waals surface area contributed by atoms with Gasteiger partial charge in [-0.3, -0.25) is 19.4 Å². The van der Waals surface area contributed by atoms with Crippen LogP contribution in [-0.4, -0.2) is 104 Å². The Morgan fingerprint density at radius 1 is 1.06 bits per heavy atom. The fourth-order valence-electron chi connectivity index (χ4n) is 6.41. The molecule has 0 saturated carbocycles. The van der Waals surface area contributed by atoms with Crippen molar-refractivity contribution in [3.63, 3.8) is 0 Å². The molecule has 47 heavy (non-hydrogen) atoms. The van der Waals surface area contributed by atoms with Crippen LogP contribution in [0.5, 0.6) is 0 Å². The van der Waals surface area contributed by atoms with E-state index in [1.165, 1.54) is 18.0 Å². The van der Waals surface area contributed by atoms with E-state index in [4.69, 9.17) is 9.72 Å². The SMILES string of the molecule is C=CCn1c(=O)c2cnc(Nc3ccc(N4CCN(C5CCN(CC(=O)OC)CC5)CC4)cc3)nc2n1-c1cccc(C(C)(C)O)n1. The van der Waals surface area contributed by atoms with Crippen molar-refractivity contribution in [2.75, 3.05) is 63.1 Å². The first-order chi connectivity index (χ1) is 22.6. The number of hydrogen-bond donors (Lipinski definition) is 2. The van der Waals surface area contributed by atoms with Crippen LogP contribution in [0.25, 0.3) is 16.9 Å². The van der Waals surface area contributed by atoms with E-state index in [0.29, 0.717) is 41.1 Å². The van der Waals surface area contributed by atoms with Gasteiger partial charge >= 0.3 is 5.97 Å². The summed E-state index contributed by atoms with van der Waals surface area (Å²) >= 11 is 0. The normalized spacial score (nSPS) is 16.8. The molecule has 4 aromatic rings. The first-order valence-electron chi connectivity index (χ1n) is 16.1. The number of carbonyl (C=O) groups excluding carboxylic acids is 1. The molecule has 5 heterocycles. The third-order valence-electron chi connectivity index (χ3n) is 9.01. The number of nitrogens with one attached hydrogen (secondary N) is 1. The average Bonchev–Trinajstić information content (AvgIpc) is 3.35. The lowest BCUT2D eigenvalue weighted by Gasteiger charge is -2.43. The Kier molecular flexibility index (Phi) is 9.39. The van der Waals surface area contributed by atoms with Crippen LogP contribution in [0.2, 0.25) is 0 Å². The molecule has 2 aliphatic rings. The van der Waals surface area contributed by atoms with Gasteiger partial charge in [0, 0.05) is 62.9 Å². The number of rotatable bonds is 10. The zero-order chi connectivity index (χ0) is 33.1. The standard InChI is InChI=1S/C34H43N9O4/c1-5-15-42-32(45)27-22-35-33(38-31(27)43(42)29-8-6-7-28(37-29)34(2,3)46)36-24-9-11-25(12-10-24)40-18-20-41(21-19-40)26-13-16-39(17-14-26)23-30(44)47-4/h5-12,22,26,46H,1,13-21,23H2,2-4H3,(H,35,36,38). The zero-order valence-electron chi connectivity index (χ0n) is 27.3. The quantitative estimate of drug-likeness (QED) is 0.196. The number of piperidine rings is 1. The van der Waals surface area contributed by atoms with E-state index in [1.807, 2.05) is 12.1 Å². The Bertz CT molecular complexity index is 1780. The van der Waals surface area contributed by atoms with E-state index < -0.39 is 5.60 Å².